The molecule has 23 heavy (non-hydrogen) atoms. The molecule has 0 bridgehead atoms. The Morgan fingerprint density at radius 3 is 2.65 bits per heavy atom. The van der Waals surface area contributed by atoms with Crippen LogP contribution in [0.2, 0.25) is 5.02 Å². The van der Waals surface area contributed by atoms with E-state index >= 15 is 0 Å². The number of hydrogen-bond donors (Lipinski definition) is 2. The van der Waals surface area contributed by atoms with Crippen LogP contribution in [0.5, 0.6) is 5.75 Å². The molecule has 4 nitrogen and oxygen atoms in total. The fraction of sp³-hybridized carbons (Fsp3) is 0.278. The Kier molecular flexibility index (Phi) is 6.44. The lowest BCUT2D eigenvalue weighted by atomic mass is 10.1. The first kappa shape index (κ1) is 17.3. The summed E-state index contributed by atoms with van der Waals surface area (Å²) >= 11 is 5.95. The third-order valence-corrected chi connectivity index (χ3v) is 3.77. The highest BCUT2D eigenvalue weighted by Gasteiger charge is 2.09. The van der Waals surface area contributed by atoms with E-state index in [1.807, 2.05) is 18.2 Å². The largest absolute Gasteiger partial charge is 0.495 e. The van der Waals surface area contributed by atoms with E-state index in [0.29, 0.717) is 29.4 Å². The van der Waals surface area contributed by atoms with E-state index in [2.05, 4.69) is 29.7 Å². The van der Waals surface area contributed by atoms with Gasteiger partial charge in [0, 0.05) is 24.0 Å². The highest BCUT2D eigenvalue weighted by Crippen LogP contribution is 2.27. The molecule has 2 rings (SSSR count). The lowest BCUT2D eigenvalue weighted by molar-refractivity contribution is -0.116. The molecule has 2 aromatic carbocycles. The van der Waals surface area contributed by atoms with Gasteiger partial charge in [0.25, 0.3) is 0 Å². The Morgan fingerprint density at radius 1 is 1.22 bits per heavy atom. The SMILES string of the molecule is COc1ccc(Cl)cc1NC(=O)CCNC(C)c1ccccc1. The number of benzene rings is 2. The summed E-state index contributed by atoms with van der Waals surface area (Å²) in [5.41, 5.74) is 1.78. The van der Waals surface area contributed by atoms with Gasteiger partial charge in [-0.2, -0.15) is 0 Å². The fourth-order valence-corrected chi connectivity index (χ4v) is 2.42. The van der Waals surface area contributed by atoms with Crippen LogP contribution in [0.3, 0.4) is 0 Å². The molecule has 122 valence electrons. The number of anilines is 1. The topological polar surface area (TPSA) is 50.4 Å². The standard InChI is InChI=1S/C18H21ClN2O2/c1-13(14-6-4-3-5-7-14)20-11-10-18(22)21-16-12-15(19)8-9-17(16)23-2/h3-9,12-13,20H,10-11H2,1-2H3,(H,21,22). The summed E-state index contributed by atoms with van der Waals surface area (Å²) in [6.07, 6.45) is 0.368. The van der Waals surface area contributed by atoms with E-state index in [-0.39, 0.29) is 11.9 Å². The van der Waals surface area contributed by atoms with E-state index in [9.17, 15) is 4.79 Å². The lowest BCUT2D eigenvalue weighted by Gasteiger charge is -2.14. The second-order valence-corrected chi connectivity index (χ2v) is 5.67. The van der Waals surface area contributed by atoms with Gasteiger partial charge in [0.05, 0.1) is 12.8 Å². The van der Waals surface area contributed by atoms with Gasteiger partial charge < -0.3 is 15.4 Å². The quantitative estimate of drug-likeness (QED) is 0.805. The second kappa shape index (κ2) is 8.56. The molecular weight excluding hydrogens is 312 g/mol. The molecule has 0 aromatic heterocycles. The Bertz CT molecular complexity index is 647. The second-order valence-electron chi connectivity index (χ2n) is 5.23. The van der Waals surface area contributed by atoms with Crippen molar-refractivity contribution in [1.29, 1.82) is 0 Å². The number of methoxy groups -OCH3 is 1. The molecule has 0 saturated carbocycles. The van der Waals surface area contributed by atoms with Crippen molar-refractivity contribution < 1.29 is 9.53 Å². The first-order chi connectivity index (χ1) is 11.1. The minimum Gasteiger partial charge on any atom is -0.495 e. The minimum absolute atomic E-state index is 0.0849. The van der Waals surface area contributed by atoms with Gasteiger partial charge in [0.2, 0.25) is 5.91 Å². The Labute approximate surface area is 141 Å². The first-order valence-electron chi connectivity index (χ1n) is 7.52. The van der Waals surface area contributed by atoms with E-state index in [0.717, 1.165) is 0 Å². The number of hydrogen-bond acceptors (Lipinski definition) is 3. The maximum Gasteiger partial charge on any atom is 0.225 e. The van der Waals surface area contributed by atoms with Gasteiger partial charge in [-0.05, 0) is 30.7 Å². The molecule has 0 aliphatic carbocycles. The Balaban J connectivity index is 1.83. The smallest absolute Gasteiger partial charge is 0.225 e. The fourth-order valence-electron chi connectivity index (χ4n) is 2.25. The van der Waals surface area contributed by atoms with Crippen molar-refractivity contribution in [3.05, 3.63) is 59.1 Å². The maximum atomic E-state index is 12.1. The molecule has 2 N–H and O–H groups in total. The van der Waals surface area contributed by atoms with Crippen LogP contribution in [-0.4, -0.2) is 19.6 Å². The van der Waals surface area contributed by atoms with Crippen molar-refractivity contribution in [2.24, 2.45) is 0 Å². The first-order valence-corrected chi connectivity index (χ1v) is 7.89. The van der Waals surface area contributed by atoms with E-state index < -0.39 is 0 Å². The van der Waals surface area contributed by atoms with Gasteiger partial charge >= 0.3 is 0 Å². The minimum atomic E-state index is -0.0849. The zero-order valence-corrected chi connectivity index (χ0v) is 14.1. The molecule has 0 aliphatic heterocycles. The van der Waals surface area contributed by atoms with E-state index in [1.54, 1.807) is 25.3 Å². The summed E-state index contributed by atoms with van der Waals surface area (Å²) in [5, 5.41) is 6.72. The van der Waals surface area contributed by atoms with Gasteiger partial charge in [-0.3, -0.25) is 4.79 Å². The van der Waals surface area contributed by atoms with Crippen LogP contribution in [0.4, 0.5) is 5.69 Å². The number of carbonyl (C=O) groups excluding carboxylic acids is 1. The number of rotatable bonds is 7. The average molecular weight is 333 g/mol. The maximum absolute atomic E-state index is 12.1. The van der Waals surface area contributed by atoms with Crippen molar-refractivity contribution in [1.82, 2.24) is 5.32 Å². The highest BCUT2D eigenvalue weighted by molar-refractivity contribution is 6.31. The number of amides is 1. The molecule has 1 atom stereocenters. The number of halogens is 1. The van der Waals surface area contributed by atoms with Crippen LogP contribution in [0.1, 0.15) is 24.9 Å². The number of ether oxygens (including phenoxy) is 1. The molecule has 1 unspecified atom stereocenters. The van der Waals surface area contributed by atoms with Crippen LogP contribution in [0, 0.1) is 0 Å². The molecule has 0 aliphatic rings. The molecule has 0 radical (unpaired) electrons. The Hall–Kier alpha value is -2.04. The van der Waals surface area contributed by atoms with Crippen LogP contribution < -0.4 is 15.4 Å². The molecule has 0 fully saturated rings. The summed E-state index contributed by atoms with van der Waals surface area (Å²) in [6.45, 7) is 2.66. The molecule has 0 spiro atoms. The van der Waals surface area contributed by atoms with Gasteiger partial charge in [-0.15, -0.1) is 0 Å². The van der Waals surface area contributed by atoms with Crippen LogP contribution in [0.15, 0.2) is 48.5 Å². The zero-order chi connectivity index (χ0) is 16.7. The predicted octanol–water partition coefficient (Wildman–Crippen LogP) is 4.03. The third-order valence-electron chi connectivity index (χ3n) is 3.54. The lowest BCUT2D eigenvalue weighted by Crippen LogP contribution is -2.24. The Morgan fingerprint density at radius 2 is 1.96 bits per heavy atom. The third kappa shape index (κ3) is 5.27. The molecule has 5 heteroatoms. The molecule has 0 saturated heterocycles. The van der Waals surface area contributed by atoms with Crippen molar-refractivity contribution in [3.8, 4) is 5.75 Å². The molecule has 1 amide bonds. The van der Waals surface area contributed by atoms with Crippen LogP contribution in [-0.2, 0) is 4.79 Å². The van der Waals surface area contributed by atoms with E-state index in [4.69, 9.17) is 16.3 Å². The summed E-state index contributed by atoms with van der Waals surface area (Å²) < 4.78 is 5.21. The van der Waals surface area contributed by atoms with Crippen LogP contribution in [0.25, 0.3) is 0 Å². The number of nitrogens with one attached hydrogen (secondary N) is 2. The van der Waals surface area contributed by atoms with Crippen molar-refractivity contribution in [3.63, 3.8) is 0 Å². The van der Waals surface area contributed by atoms with Crippen molar-refractivity contribution in [2.75, 3.05) is 19.0 Å². The molecule has 2 aromatic rings. The van der Waals surface area contributed by atoms with E-state index in [1.165, 1.54) is 5.56 Å². The monoisotopic (exact) mass is 332 g/mol. The molecular formula is C18H21ClN2O2. The summed E-state index contributed by atoms with van der Waals surface area (Å²) in [4.78, 5) is 12.1. The predicted molar refractivity (Wildman–Crippen MR) is 94.1 cm³/mol. The van der Waals surface area contributed by atoms with Crippen molar-refractivity contribution in [2.45, 2.75) is 19.4 Å². The van der Waals surface area contributed by atoms with Gasteiger partial charge in [0.15, 0.2) is 0 Å². The summed E-state index contributed by atoms with van der Waals surface area (Å²) in [5.74, 6) is 0.506. The number of carbonyl (C=O) groups is 1. The molecule has 0 heterocycles. The van der Waals surface area contributed by atoms with Gasteiger partial charge in [-0.1, -0.05) is 41.9 Å². The summed E-state index contributed by atoms with van der Waals surface area (Å²) in [6, 6.07) is 15.5. The van der Waals surface area contributed by atoms with Crippen molar-refractivity contribution >= 4 is 23.2 Å². The average Bonchev–Trinajstić information content (AvgIpc) is 2.56. The normalized spacial score (nSPS) is 11.8. The summed E-state index contributed by atoms with van der Waals surface area (Å²) in [7, 11) is 1.56. The van der Waals surface area contributed by atoms with Crippen LogP contribution >= 0.6 is 11.6 Å². The van der Waals surface area contributed by atoms with Gasteiger partial charge in [-0.25, -0.2) is 0 Å². The highest BCUT2D eigenvalue weighted by atomic mass is 35.5. The van der Waals surface area contributed by atoms with Gasteiger partial charge in [0.1, 0.15) is 5.75 Å². The zero-order valence-electron chi connectivity index (χ0n) is 13.3.